The quantitative estimate of drug-likeness (QED) is 0.382. The number of piperazine rings is 1. The van der Waals surface area contributed by atoms with Gasteiger partial charge in [-0.25, -0.2) is 0 Å². The van der Waals surface area contributed by atoms with E-state index in [-0.39, 0.29) is 0 Å². The minimum Gasteiger partial charge on any atom is -0.389 e. The Morgan fingerprint density at radius 2 is 1.18 bits per heavy atom. The van der Waals surface area contributed by atoms with E-state index in [1.807, 2.05) is 0 Å². The van der Waals surface area contributed by atoms with E-state index >= 15 is 0 Å². The third-order valence-electron chi connectivity index (χ3n) is 3.49. The summed E-state index contributed by atoms with van der Waals surface area (Å²) in [6.07, 6.45) is 2.42. The van der Waals surface area contributed by atoms with Gasteiger partial charge in [-0.05, 0) is 0 Å². The molecule has 0 saturated carbocycles. The van der Waals surface area contributed by atoms with Crippen LogP contribution in [-0.4, -0.2) is 97.9 Å². The lowest BCUT2D eigenvalue weighted by molar-refractivity contribution is -0.00230. The van der Waals surface area contributed by atoms with Crippen molar-refractivity contribution in [1.82, 2.24) is 9.80 Å². The van der Waals surface area contributed by atoms with Gasteiger partial charge in [0.1, 0.15) is 0 Å². The Morgan fingerprint density at radius 1 is 0.818 bits per heavy atom. The summed E-state index contributed by atoms with van der Waals surface area (Å²) in [5.74, 6) is 0. The number of rotatable bonds is 12. The highest BCUT2D eigenvalue weighted by Gasteiger charge is 2.20. The molecule has 1 fully saturated rings. The van der Waals surface area contributed by atoms with Gasteiger partial charge in [-0.15, -0.1) is 13.2 Å². The molecule has 0 amide bonds. The van der Waals surface area contributed by atoms with Crippen molar-refractivity contribution in [2.75, 3.05) is 65.7 Å². The second-order valence-electron chi connectivity index (χ2n) is 5.56. The molecule has 0 radical (unpaired) electrons. The topological polar surface area (TPSA) is 65.4 Å². The van der Waals surface area contributed by atoms with Crippen molar-refractivity contribution in [3.8, 4) is 0 Å². The first-order valence-electron chi connectivity index (χ1n) is 7.83. The van der Waals surface area contributed by atoms with E-state index < -0.39 is 12.2 Å². The SMILES string of the molecule is C=CCOC[C@H](O)CN1CCN(C[C@@H](O)COCC=C)CC1. The van der Waals surface area contributed by atoms with Crippen LogP contribution < -0.4 is 0 Å². The standard InChI is InChI=1S/C16H30N2O4/c1-3-9-21-13-15(19)11-17-5-7-18(8-6-17)12-16(20)14-22-10-4-2/h3-4,15-16,19-20H,1-2,5-14H2/t15-,16-/m1/s1. The first kappa shape index (κ1) is 19.3. The molecule has 0 spiro atoms. The molecule has 0 bridgehead atoms. The van der Waals surface area contributed by atoms with Crippen LogP contribution in [0.1, 0.15) is 0 Å². The summed E-state index contributed by atoms with van der Waals surface area (Å²) in [4.78, 5) is 4.44. The molecule has 0 aliphatic carbocycles. The Labute approximate surface area is 133 Å². The van der Waals surface area contributed by atoms with Crippen molar-refractivity contribution >= 4 is 0 Å². The van der Waals surface area contributed by atoms with E-state index in [1.54, 1.807) is 12.2 Å². The lowest BCUT2D eigenvalue weighted by Gasteiger charge is -2.36. The predicted octanol–water partition coefficient (Wildman–Crippen LogP) is -0.269. The highest BCUT2D eigenvalue weighted by molar-refractivity contribution is 4.76. The van der Waals surface area contributed by atoms with Gasteiger partial charge in [0.2, 0.25) is 0 Å². The largest absolute Gasteiger partial charge is 0.389 e. The van der Waals surface area contributed by atoms with E-state index in [4.69, 9.17) is 9.47 Å². The molecular weight excluding hydrogens is 284 g/mol. The van der Waals surface area contributed by atoms with Crippen molar-refractivity contribution in [3.63, 3.8) is 0 Å². The summed E-state index contributed by atoms with van der Waals surface area (Å²) in [7, 11) is 0. The third-order valence-corrected chi connectivity index (χ3v) is 3.49. The first-order chi connectivity index (χ1) is 10.7. The maximum atomic E-state index is 9.88. The second kappa shape index (κ2) is 11.8. The van der Waals surface area contributed by atoms with Crippen molar-refractivity contribution in [2.45, 2.75) is 12.2 Å². The van der Waals surface area contributed by atoms with Crippen LogP contribution in [0.4, 0.5) is 0 Å². The van der Waals surface area contributed by atoms with E-state index in [9.17, 15) is 10.2 Å². The Hall–Kier alpha value is -0.760. The van der Waals surface area contributed by atoms with Gasteiger partial charge in [0.15, 0.2) is 0 Å². The molecule has 0 aromatic carbocycles. The van der Waals surface area contributed by atoms with Gasteiger partial charge in [-0.3, -0.25) is 9.80 Å². The van der Waals surface area contributed by atoms with E-state index in [1.165, 1.54) is 0 Å². The molecule has 0 aromatic heterocycles. The fraction of sp³-hybridized carbons (Fsp3) is 0.750. The number of nitrogens with zero attached hydrogens (tertiary/aromatic N) is 2. The number of hydrogen-bond acceptors (Lipinski definition) is 6. The first-order valence-corrected chi connectivity index (χ1v) is 7.83. The van der Waals surface area contributed by atoms with Crippen LogP contribution in [0.3, 0.4) is 0 Å². The van der Waals surface area contributed by atoms with E-state index in [0.717, 1.165) is 26.2 Å². The monoisotopic (exact) mass is 314 g/mol. The van der Waals surface area contributed by atoms with Crippen molar-refractivity contribution in [3.05, 3.63) is 25.3 Å². The summed E-state index contributed by atoms with van der Waals surface area (Å²) in [6.45, 7) is 13.6. The molecule has 1 aliphatic heterocycles. The van der Waals surface area contributed by atoms with Gasteiger partial charge in [0, 0.05) is 39.3 Å². The van der Waals surface area contributed by atoms with E-state index in [2.05, 4.69) is 23.0 Å². The number of aliphatic hydroxyl groups excluding tert-OH is 2. The molecule has 6 heteroatoms. The summed E-state index contributed by atoms with van der Waals surface area (Å²) in [5, 5.41) is 19.8. The zero-order chi connectivity index (χ0) is 16.2. The average molecular weight is 314 g/mol. The Kier molecular flexibility index (Phi) is 10.3. The van der Waals surface area contributed by atoms with Crippen LogP contribution in [0.5, 0.6) is 0 Å². The minimum absolute atomic E-state index is 0.339. The Balaban J connectivity index is 2.12. The van der Waals surface area contributed by atoms with Gasteiger partial charge in [0.05, 0.1) is 38.6 Å². The molecule has 0 aromatic rings. The number of ether oxygens (including phenoxy) is 2. The number of aliphatic hydroxyl groups is 2. The van der Waals surface area contributed by atoms with Crippen LogP contribution in [0, 0.1) is 0 Å². The second-order valence-corrected chi connectivity index (χ2v) is 5.56. The molecule has 1 aliphatic rings. The molecule has 2 atom stereocenters. The summed E-state index contributed by atoms with van der Waals surface area (Å²) >= 11 is 0. The molecule has 6 nitrogen and oxygen atoms in total. The zero-order valence-corrected chi connectivity index (χ0v) is 13.4. The maximum absolute atomic E-state index is 9.88. The highest BCUT2D eigenvalue weighted by atomic mass is 16.5. The normalized spacial score (nSPS) is 19.7. The van der Waals surface area contributed by atoms with Crippen molar-refractivity contribution in [2.24, 2.45) is 0 Å². The summed E-state index contributed by atoms with van der Waals surface area (Å²) in [5.41, 5.74) is 0. The van der Waals surface area contributed by atoms with Gasteiger partial charge in [0.25, 0.3) is 0 Å². The van der Waals surface area contributed by atoms with Gasteiger partial charge in [-0.2, -0.15) is 0 Å². The fourth-order valence-corrected chi connectivity index (χ4v) is 2.43. The van der Waals surface area contributed by atoms with Crippen molar-refractivity contribution < 1.29 is 19.7 Å². The molecule has 1 rings (SSSR count). The molecule has 0 unspecified atom stereocenters. The molecule has 1 saturated heterocycles. The molecule has 128 valence electrons. The van der Waals surface area contributed by atoms with Crippen LogP contribution in [0.25, 0.3) is 0 Å². The Morgan fingerprint density at radius 3 is 1.50 bits per heavy atom. The molecule has 2 N–H and O–H groups in total. The zero-order valence-electron chi connectivity index (χ0n) is 13.4. The molecule has 22 heavy (non-hydrogen) atoms. The third kappa shape index (κ3) is 8.63. The molecular formula is C16H30N2O4. The van der Waals surface area contributed by atoms with Crippen molar-refractivity contribution in [1.29, 1.82) is 0 Å². The van der Waals surface area contributed by atoms with Gasteiger partial charge >= 0.3 is 0 Å². The lowest BCUT2D eigenvalue weighted by atomic mass is 10.2. The minimum atomic E-state index is -0.468. The van der Waals surface area contributed by atoms with E-state index in [0.29, 0.717) is 39.5 Å². The van der Waals surface area contributed by atoms with Gasteiger partial charge < -0.3 is 19.7 Å². The summed E-state index contributed by atoms with van der Waals surface area (Å²) < 4.78 is 10.5. The van der Waals surface area contributed by atoms with Crippen LogP contribution in [0.15, 0.2) is 25.3 Å². The highest BCUT2D eigenvalue weighted by Crippen LogP contribution is 2.04. The number of β-amino-alcohol motifs (C(OH)–C–C–N with tert-alkyl or cyclic N) is 2. The maximum Gasteiger partial charge on any atom is 0.0900 e. The van der Waals surface area contributed by atoms with Crippen LogP contribution >= 0.6 is 0 Å². The fourth-order valence-electron chi connectivity index (χ4n) is 2.43. The Bertz CT molecular complexity index is 277. The van der Waals surface area contributed by atoms with Crippen LogP contribution in [0.2, 0.25) is 0 Å². The smallest absolute Gasteiger partial charge is 0.0900 e. The predicted molar refractivity (Wildman–Crippen MR) is 86.9 cm³/mol. The summed E-state index contributed by atoms with van der Waals surface area (Å²) in [6, 6.07) is 0. The van der Waals surface area contributed by atoms with Gasteiger partial charge in [-0.1, -0.05) is 12.2 Å². The average Bonchev–Trinajstić information content (AvgIpc) is 2.50. The number of hydrogen-bond donors (Lipinski definition) is 2. The molecule has 1 heterocycles. The lowest BCUT2D eigenvalue weighted by Crippen LogP contribution is -2.51. The van der Waals surface area contributed by atoms with Crippen LogP contribution in [-0.2, 0) is 9.47 Å².